The van der Waals surface area contributed by atoms with Crippen molar-refractivity contribution in [2.75, 3.05) is 13.1 Å². The van der Waals surface area contributed by atoms with Crippen LogP contribution in [0.15, 0.2) is 66.9 Å². The van der Waals surface area contributed by atoms with Gasteiger partial charge in [0.15, 0.2) is 5.69 Å². The van der Waals surface area contributed by atoms with Gasteiger partial charge in [-0.3, -0.25) is 14.3 Å². The summed E-state index contributed by atoms with van der Waals surface area (Å²) in [6.45, 7) is 2.20. The van der Waals surface area contributed by atoms with Gasteiger partial charge in [-0.15, -0.1) is 0 Å². The average molecular weight is 413 g/mol. The van der Waals surface area contributed by atoms with E-state index >= 15 is 0 Å². The first-order valence-electron chi connectivity index (χ1n) is 10.4. The third-order valence-electron chi connectivity index (χ3n) is 5.67. The number of nitrogens with one attached hydrogen (secondary N) is 2. The smallest absolute Gasteiger partial charge is 0.272 e. The minimum absolute atomic E-state index is 0.0968. The number of rotatable bonds is 6. The predicted molar refractivity (Wildman–Crippen MR) is 118 cm³/mol. The van der Waals surface area contributed by atoms with E-state index in [4.69, 9.17) is 0 Å². The summed E-state index contributed by atoms with van der Waals surface area (Å²) in [6.07, 6.45) is 2.69. The Morgan fingerprint density at radius 1 is 1.06 bits per heavy atom. The van der Waals surface area contributed by atoms with Gasteiger partial charge in [0.2, 0.25) is 0 Å². The summed E-state index contributed by atoms with van der Waals surface area (Å²) in [5, 5.41) is 8.45. The second-order valence-electron chi connectivity index (χ2n) is 7.72. The number of hydrogen-bond donors (Lipinski definition) is 2. The lowest BCUT2D eigenvalue weighted by Crippen LogP contribution is -2.39. The van der Waals surface area contributed by atoms with Crippen LogP contribution in [0, 0.1) is 0 Å². The van der Waals surface area contributed by atoms with Crippen molar-refractivity contribution in [2.24, 2.45) is 0 Å². The first-order chi connectivity index (χ1) is 15.2. The minimum Gasteiger partial charge on any atom is -0.361 e. The van der Waals surface area contributed by atoms with Crippen LogP contribution in [0.2, 0.25) is 0 Å². The van der Waals surface area contributed by atoms with Crippen molar-refractivity contribution in [3.63, 3.8) is 0 Å². The van der Waals surface area contributed by atoms with Gasteiger partial charge >= 0.3 is 0 Å². The van der Waals surface area contributed by atoms with Crippen molar-refractivity contribution < 1.29 is 9.59 Å². The van der Waals surface area contributed by atoms with E-state index in [-0.39, 0.29) is 17.5 Å². The molecule has 156 valence electrons. The van der Waals surface area contributed by atoms with Crippen LogP contribution in [-0.4, -0.2) is 44.6 Å². The first kappa shape index (κ1) is 19.1. The molecule has 2 amide bonds. The number of nitrogens with zero attached hydrogens (tertiary/aromatic N) is 3. The number of benzene rings is 2. The van der Waals surface area contributed by atoms with Crippen LogP contribution in [-0.2, 0) is 19.5 Å². The van der Waals surface area contributed by atoms with Gasteiger partial charge in [0.25, 0.3) is 11.8 Å². The van der Waals surface area contributed by atoms with Crippen LogP contribution >= 0.6 is 0 Å². The van der Waals surface area contributed by atoms with Crippen molar-refractivity contribution in [3.8, 4) is 0 Å². The highest BCUT2D eigenvalue weighted by Gasteiger charge is 2.27. The number of hydrogen-bond acceptors (Lipinski definition) is 3. The fourth-order valence-corrected chi connectivity index (χ4v) is 4.04. The van der Waals surface area contributed by atoms with Crippen LogP contribution in [0.25, 0.3) is 10.9 Å². The summed E-state index contributed by atoms with van der Waals surface area (Å²) in [6, 6.07) is 19.6. The van der Waals surface area contributed by atoms with Gasteiger partial charge in [-0.05, 0) is 23.6 Å². The molecule has 2 N–H and O–H groups in total. The minimum atomic E-state index is -0.260. The maximum atomic E-state index is 12.9. The number of fused-ring (bicyclic) bond motifs is 2. The highest BCUT2D eigenvalue weighted by Crippen LogP contribution is 2.18. The molecule has 0 unspecified atom stereocenters. The predicted octanol–water partition coefficient (Wildman–Crippen LogP) is 2.99. The van der Waals surface area contributed by atoms with E-state index in [1.165, 1.54) is 5.39 Å². The zero-order valence-corrected chi connectivity index (χ0v) is 17.0. The van der Waals surface area contributed by atoms with Gasteiger partial charge in [-0.25, -0.2) is 0 Å². The van der Waals surface area contributed by atoms with E-state index in [0.717, 1.165) is 16.6 Å². The number of para-hydroxylation sites is 1. The van der Waals surface area contributed by atoms with Gasteiger partial charge in [-0.2, -0.15) is 5.10 Å². The lowest BCUT2D eigenvalue weighted by molar-refractivity contribution is 0.0683. The van der Waals surface area contributed by atoms with Crippen molar-refractivity contribution in [1.29, 1.82) is 0 Å². The molecule has 7 nitrogen and oxygen atoms in total. The first-order valence-corrected chi connectivity index (χ1v) is 10.4. The highest BCUT2D eigenvalue weighted by molar-refractivity contribution is 5.98. The Balaban J connectivity index is 1.22. The number of amides is 2. The number of aromatic nitrogens is 3. The number of H-pyrrole nitrogens is 1. The van der Waals surface area contributed by atoms with Crippen LogP contribution in [0.1, 0.15) is 32.1 Å². The molecule has 3 heterocycles. The van der Waals surface area contributed by atoms with Gasteiger partial charge in [0.05, 0.1) is 6.54 Å². The molecule has 0 bridgehead atoms. The molecule has 1 aliphatic rings. The van der Waals surface area contributed by atoms with Crippen molar-refractivity contribution >= 4 is 22.7 Å². The van der Waals surface area contributed by atoms with E-state index in [2.05, 4.69) is 21.5 Å². The van der Waals surface area contributed by atoms with E-state index in [1.54, 1.807) is 15.6 Å². The van der Waals surface area contributed by atoms with Crippen molar-refractivity contribution in [2.45, 2.75) is 19.5 Å². The summed E-state index contributed by atoms with van der Waals surface area (Å²) in [4.78, 5) is 30.5. The molecule has 5 rings (SSSR count). The molecule has 0 fully saturated rings. The Kier molecular flexibility index (Phi) is 5.00. The molecule has 0 spiro atoms. The average Bonchev–Trinajstić information content (AvgIpc) is 3.42. The number of aromatic amines is 1. The Morgan fingerprint density at radius 3 is 2.74 bits per heavy atom. The van der Waals surface area contributed by atoms with Crippen LogP contribution in [0.3, 0.4) is 0 Å². The standard InChI is InChI=1S/C24H23N5O2/c30-23(25-11-10-18-15-26-20-9-5-4-8-19(18)20)21-14-22-24(31)28(12-13-29(22)27-21)16-17-6-2-1-3-7-17/h1-9,14-15,26H,10-13,16H2,(H,25,30). The molecule has 0 aliphatic carbocycles. The Labute approximate surface area is 179 Å². The van der Waals surface area contributed by atoms with E-state index in [9.17, 15) is 9.59 Å². The molecule has 0 saturated heterocycles. The molecule has 0 radical (unpaired) electrons. The Morgan fingerprint density at radius 2 is 1.87 bits per heavy atom. The maximum absolute atomic E-state index is 12.9. The highest BCUT2D eigenvalue weighted by atomic mass is 16.2. The molecular formula is C24H23N5O2. The Hall–Kier alpha value is -3.87. The fraction of sp³-hybridized carbons (Fsp3) is 0.208. The van der Waals surface area contributed by atoms with Crippen LogP contribution in [0.5, 0.6) is 0 Å². The largest absolute Gasteiger partial charge is 0.361 e. The van der Waals surface area contributed by atoms with E-state index in [0.29, 0.717) is 38.3 Å². The van der Waals surface area contributed by atoms with Gasteiger partial charge in [-0.1, -0.05) is 48.5 Å². The number of carbonyl (C=O) groups is 2. The summed E-state index contributed by atoms with van der Waals surface area (Å²) in [7, 11) is 0. The van der Waals surface area contributed by atoms with Crippen LogP contribution < -0.4 is 5.32 Å². The van der Waals surface area contributed by atoms with Gasteiger partial charge in [0.1, 0.15) is 5.69 Å². The lowest BCUT2D eigenvalue weighted by atomic mass is 10.1. The van der Waals surface area contributed by atoms with Crippen molar-refractivity contribution in [1.82, 2.24) is 25.0 Å². The molecule has 4 aromatic rings. The molecule has 2 aromatic carbocycles. The fourth-order valence-electron chi connectivity index (χ4n) is 4.04. The normalized spacial score (nSPS) is 13.4. The molecular weight excluding hydrogens is 390 g/mol. The Bertz CT molecular complexity index is 1240. The van der Waals surface area contributed by atoms with Crippen molar-refractivity contribution in [3.05, 3.63) is 89.4 Å². The summed E-state index contributed by atoms with van der Waals surface area (Å²) < 4.78 is 1.64. The monoisotopic (exact) mass is 413 g/mol. The molecule has 2 aromatic heterocycles. The zero-order valence-electron chi connectivity index (χ0n) is 17.0. The van der Waals surface area contributed by atoms with Crippen LogP contribution in [0.4, 0.5) is 0 Å². The second kappa shape index (κ2) is 8.10. The topological polar surface area (TPSA) is 83.0 Å². The van der Waals surface area contributed by atoms with Gasteiger partial charge < -0.3 is 15.2 Å². The molecule has 1 aliphatic heterocycles. The van der Waals surface area contributed by atoms with Gasteiger partial charge in [0, 0.05) is 42.8 Å². The number of carbonyl (C=O) groups excluding carboxylic acids is 2. The molecule has 0 atom stereocenters. The lowest BCUT2D eigenvalue weighted by Gasteiger charge is -2.27. The summed E-state index contributed by atoms with van der Waals surface area (Å²) >= 11 is 0. The zero-order chi connectivity index (χ0) is 21.2. The maximum Gasteiger partial charge on any atom is 0.272 e. The SMILES string of the molecule is O=C(NCCc1c[nH]c2ccccc12)c1cc2n(n1)CCN(Cc1ccccc1)C2=O. The van der Waals surface area contributed by atoms with E-state index in [1.807, 2.05) is 54.7 Å². The third-order valence-corrected chi connectivity index (χ3v) is 5.67. The molecule has 0 saturated carbocycles. The third kappa shape index (κ3) is 3.82. The molecule has 7 heteroatoms. The van der Waals surface area contributed by atoms with E-state index < -0.39 is 0 Å². The summed E-state index contributed by atoms with van der Waals surface area (Å²) in [5.41, 5.74) is 4.07. The summed E-state index contributed by atoms with van der Waals surface area (Å²) in [5.74, 6) is -0.357. The molecule has 31 heavy (non-hydrogen) atoms. The second-order valence-corrected chi connectivity index (χ2v) is 7.72. The quantitative estimate of drug-likeness (QED) is 0.510.